The zero-order valence-electron chi connectivity index (χ0n) is 31.9. The first-order valence-corrected chi connectivity index (χ1v) is 19.9. The second-order valence-electron chi connectivity index (χ2n) is 16.2. The highest BCUT2D eigenvalue weighted by Gasteiger charge is 2.35. The summed E-state index contributed by atoms with van der Waals surface area (Å²) in [6.45, 7) is 4.68. The van der Waals surface area contributed by atoms with Gasteiger partial charge in [-0.25, -0.2) is 9.97 Å². The van der Waals surface area contributed by atoms with Crippen LogP contribution in [0.25, 0.3) is 99.7 Å². The van der Waals surface area contributed by atoms with Gasteiger partial charge >= 0.3 is 0 Å². The molecule has 0 N–H and O–H groups in total. The monoisotopic (exact) mass is 742 g/mol. The van der Waals surface area contributed by atoms with E-state index >= 15 is 0 Å². The predicted molar refractivity (Wildman–Crippen MR) is 237 cm³/mol. The summed E-state index contributed by atoms with van der Waals surface area (Å²) >= 11 is 0. The van der Waals surface area contributed by atoms with E-state index in [-0.39, 0.29) is 5.41 Å². The van der Waals surface area contributed by atoms with Crippen LogP contribution in [0.5, 0.6) is 11.5 Å². The topological polar surface area (TPSA) is 44.9 Å². The molecule has 58 heavy (non-hydrogen) atoms. The summed E-state index contributed by atoms with van der Waals surface area (Å²) < 4.78 is 11.0. The van der Waals surface area contributed by atoms with Crippen LogP contribution in [-0.4, -0.2) is 19.1 Å². The fourth-order valence-corrected chi connectivity index (χ4v) is 10.0. The van der Waals surface area contributed by atoms with Gasteiger partial charge in [-0.1, -0.05) is 117 Å². The molecule has 3 aromatic heterocycles. The number of nitrogens with zero attached hydrogens (tertiary/aromatic N) is 4. The Balaban J connectivity index is 1.00. The average Bonchev–Trinajstić information content (AvgIpc) is 3.86. The summed E-state index contributed by atoms with van der Waals surface area (Å²) in [6.07, 6.45) is 0. The summed E-state index contributed by atoms with van der Waals surface area (Å²) in [4.78, 5) is 10.5. The zero-order chi connectivity index (χ0) is 38.3. The van der Waals surface area contributed by atoms with E-state index in [1.807, 2.05) is 30.3 Å². The third-order valence-corrected chi connectivity index (χ3v) is 12.7. The van der Waals surface area contributed by atoms with Crippen LogP contribution in [-0.2, 0) is 5.41 Å². The molecule has 0 fully saturated rings. The first kappa shape index (κ1) is 31.7. The van der Waals surface area contributed by atoms with Crippen LogP contribution >= 0.6 is 0 Å². The van der Waals surface area contributed by atoms with Crippen LogP contribution in [0.3, 0.4) is 0 Å². The van der Waals surface area contributed by atoms with Crippen LogP contribution in [0.15, 0.2) is 170 Å². The number of hydrogen-bond donors (Lipinski definition) is 0. The second kappa shape index (κ2) is 11.3. The van der Waals surface area contributed by atoms with Gasteiger partial charge in [0.2, 0.25) is 5.95 Å². The van der Waals surface area contributed by atoms with Crippen molar-refractivity contribution in [2.24, 2.45) is 0 Å². The Labute approximate surface area is 334 Å². The van der Waals surface area contributed by atoms with E-state index in [1.165, 1.54) is 49.7 Å². The lowest BCUT2D eigenvalue weighted by Crippen LogP contribution is -2.14. The number of ether oxygens (including phenoxy) is 1. The summed E-state index contributed by atoms with van der Waals surface area (Å²) in [7, 11) is 0. The number of fused-ring (bicyclic) bond motifs is 11. The average molecular weight is 743 g/mol. The summed E-state index contributed by atoms with van der Waals surface area (Å²) in [5.74, 6) is 2.22. The van der Waals surface area contributed by atoms with Crippen LogP contribution < -0.4 is 4.74 Å². The highest BCUT2D eigenvalue weighted by molar-refractivity contribution is 6.13. The highest BCUT2D eigenvalue weighted by Crippen LogP contribution is 2.50. The van der Waals surface area contributed by atoms with Gasteiger partial charge in [-0.2, -0.15) is 0 Å². The van der Waals surface area contributed by atoms with Crippen molar-refractivity contribution in [2.45, 2.75) is 19.3 Å². The van der Waals surface area contributed by atoms with Gasteiger partial charge in [0.1, 0.15) is 11.5 Å². The first-order valence-electron chi connectivity index (χ1n) is 19.9. The molecular formula is C53H34N4O. The number of hydrogen-bond acceptors (Lipinski definition) is 3. The van der Waals surface area contributed by atoms with Gasteiger partial charge in [0, 0.05) is 38.2 Å². The second-order valence-corrected chi connectivity index (χ2v) is 16.2. The Morgan fingerprint density at radius 3 is 1.98 bits per heavy atom. The quantitative estimate of drug-likeness (QED) is 0.181. The normalized spacial score (nSPS) is 13.6. The van der Waals surface area contributed by atoms with Crippen molar-refractivity contribution in [3.8, 4) is 56.6 Å². The van der Waals surface area contributed by atoms with E-state index in [4.69, 9.17) is 14.7 Å². The molecule has 0 unspecified atom stereocenters. The SMILES string of the molecule is CC1(C)c2ccccc2-c2cc(-n3c4ccccc4c4cc(-c5ccc6c7ccccc7n(-c7nc8c9c(cccc9n7)Oc7ccccc7-8)c6c5)ccc43)ccc21. The maximum Gasteiger partial charge on any atom is 0.235 e. The molecule has 4 heterocycles. The zero-order valence-corrected chi connectivity index (χ0v) is 31.9. The molecule has 11 aromatic rings. The van der Waals surface area contributed by atoms with Gasteiger partial charge in [0.05, 0.1) is 38.7 Å². The molecule has 1 aliphatic carbocycles. The largest absolute Gasteiger partial charge is 0.456 e. The standard InChI is InChI=1S/C53H34N4O/c1-53(2)41-16-7-3-12-34(41)39-30-33(24-26-42(39)53)56-44-18-8-5-14-36(44)40-28-31(23-27-46(40)56)32-22-25-37-35-13-4-9-19-45(35)57(47(37)29-32)52-54-43-17-11-21-49-50(43)51(55-52)38-15-6-10-20-48(38)58-49/h3-30H,1-2H3. The minimum atomic E-state index is -0.0339. The van der Waals surface area contributed by atoms with Gasteiger partial charge in [-0.3, -0.25) is 4.57 Å². The lowest BCUT2D eigenvalue weighted by Gasteiger charge is -2.21. The van der Waals surface area contributed by atoms with Crippen molar-refractivity contribution >= 4 is 54.5 Å². The van der Waals surface area contributed by atoms with Crippen LogP contribution in [0.4, 0.5) is 0 Å². The Hall–Kier alpha value is -7.50. The number of aromatic nitrogens is 4. The number of rotatable bonds is 3. The molecule has 0 saturated heterocycles. The first-order chi connectivity index (χ1) is 28.5. The molecule has 5 heteroatoms. The lowest BCUT2D eigenvalue weighted by molar-refractivity contribution is 0.486. The van der Waals surface area contributed by atoms with Crippen LogP contribution in [0, 0.1) is 0 Å². The van der Waals surface area contributed by atoms with Gasteiger partial charge in [-0.05, 0) is 100 Å². The van der Waals surface area contributed by atoms with E-state index in [2.05, 4.69) is 163 Å². The molecule has 5 nitrogen and oxygen atoms in total. The fraction of sp³-hybridized carbons (Fsp3) is 0.0566. The molecule has 0 radical (unpaired) electrons. The Bertz CT molecular complexity index is 3590. The van der Waals surface area contributed by atoms with Gasteiger partial charge in [-0.15, -0.1) is 0 Å². The summed E-state index contributed by atoms with van der Waals surface area (Å²) in [6, 6.07) is 61.2. The van der Waals surface area contributed by atoms with E-state index in [0.717, 1.165) is 66.6 Å². The molecule has 0 spiro atoms. The molecule has 13 rings (SSSR count). The Morgan fingerprint density at radius 2 is 1.10 bits per heavy atom. The molecule has 8 aromatic carbocycles. The highest BCUT2D eigenvalue weighted by atomic mass is 16.5. The maximum absolute atomic E-state index is 6.32. The third kappa shape index (κ3) is 4.20. The third-order valence-electron chi connectivity index (χ3n) is 12.7. The lowest BCUT2D eigenvalue weighted by atomic mass is 9.82. The van der Waals surface area contributed by atoms with E-state index < -0.39 is 0 Å². The molecule has 272 valence electrons. The van der Waals surface area contributed by atoms with E-state index in [1.54, 1.807) is 0 Å². The van der Waals surface area contributed by atoms with Crippen molar-refractivity contribution in [1.82, 2.24) is 19.1 Å². The molecule has 0 atom stereocenters. The van der Waals surface area contributed by atoms with Gasteiger partial charge in [0.15, 0.2) is 0 Å². The molecule has 2 aliphatic rings. The molecule has 1 aliphatic heterocycles. The van der Waals surface area contributed by atoms with Gasteiger partial charge in [0.25, 0.3) is 0 Å². The fourth-order valence-electron chi connectivity index (χ4n) is 10.0. The van der Waals surface area contributed by atoms with Crippen LogP contribution in [0.2, 0.25) is 0 Å². The van der Waals surface area contributed by atoms with Crippen molar-refractivity contribution in [3.63, 3.8) is 0 Å². The van der Waals surface area contributed by atoms with Crippen LogP contribution in [0.1, 0.15) is 25.0 Å². The summed E-state index contributed by atoms with van der Waals surface area (Å²) in [5.41, 5.74) is 16.1. The predicted octanol–water partition coefficient (Wildman–Crippen LogP) is 13.6. The van der Waals surface area contributed by atoms with Crippen molar-refractivity contribution < 1.29 is 4.74 Å². The summed E-state index contributed by atoms with van der Waals surface area (Å²) in [5, 5.41) is 5.72. The number of para-hydroxylation sites is 3. The molecular weight excluding hydrogens is 709 g/mol. The molecule has 0 amide bonds. The van der Waals surface area contributed by atoms with Gasteiger partial charge < -0.3 is 9.30 Å². The van der Waals surface area contributed by atoms with Crippen molar-refractivity contribution in [2.75, 3.05) is 0 Å². The molecule has 0 saturated carbocycles. The van der Waals surface area contributed by atoms with Crippen molar-refractivity contribution in [3.05, 3.63) is 181 Å². The maximum atomic E-state index is 6.32. The molecule has 0 bridgehead atoms. The number of benzene rings is 8. The Kier molecular flexibility index (Phi) is 6.17. The van der Waals surface area contributed by atoms with E-state index in [0.29, 0.717) is 5.95 Å². The van der Waals surface area contributed by atoms with Crippen molar-refractivity contribution in [1.29, 1.82) is 0 Å². The minimum absolute atomic E-state index is 0.0339. The minimum Gasteiger partial charge on any atom is -0.456 e. The smallest absolute Gasteiger partial charge is 0.235 e. The van der Waals surface area contributed by atoms with E-state index in [9.17, 15) is 0 Å². The Morgan fingerprint density at radius 1 is 0.448 bits per heavy atom.